The van der Waals surface area contributed by atoms with Crippen LogP contribution in [0.25, 0.3) is 0 Å². The van der Waals surface area contributed by atoms with Gasteiger partial charge in [0.1, 0.15) is 0 Å². The fraction of sp³-hybridized carbons (Fsp3) is 0.647. The molecule has 1 aromatic carbocycles. The van der Waals surface area contributed by atoms with Crippen LogP contribution in [0.2, 0.25) is 0 Å². The first-order valence-corrected chi connectivity index (χ1v) is 8.15. The van der Waals surface area contributed by atoms with Crippen molar-refractivity contribution in [3.63, 3.8) is 0 Å². The van der Waals surface area contributed by atoms with E-state index in [1.807, 2.05) is 0 Å². The molecule has 1 aromatic rings. The number of nitrogens with one attached hydrogen (secondary N) is 1. The van der Waals surface area contributed by atoms with E-state index in [9.17, 15) is 5.11 Å². The van der Waals surface area contributed by atoms with Crippen molar-refractivity contribution in [1.82, 2.24) is 4.90 Å². The molecule has 0 bridgehead atoms. The molecule has 0 amide bonds. The number of anilines is 1. The average molecular weight is 288 g/mol. The van der Waals surface area contributed by atoms with E-state index in [0.717, 1.165) is 45.1 Å². The van der Waals surface area contributed by atoms with Gasteiger partial charge in [-0.2, -0.15) is 0 Å². The van der Waals surface area contributed by atoms with E-state index < -0.39 is 0 Å². The molecule has 0 aromatic heterocycles. The molecule has 0 unspecified atom stereocenters. The number of nitrogens with zero attached hydrogens (tertiary/aromatic N) is 1. The molecule has 21 heavy (non-hydrogen) atoms. The predicted molar refractivity (Wildman–Crippen MR) is 82.6 cm³/mol. The first-order valence-electron chi connectivity index (χ1n) is 8.15. The second-order valence-corrected chi connectivity index (χ2v) is 6.56. The fourth-order valence-electron chi connectivity index (χ4n) is 4.35. The zero-order valence-electron chi connectivity index (χ0n) is 12.4. The Morgan fingerprint density at radius 2 is 2.05 bits per heavy atom. The van der Waals surface area contributed by atoms with Gasteiger partial charge in [-0.15, -0.1) is 0 Å². The molecule has 4 nitrogen and oxygen atoms in total. The minimum absolute atomic E-state index is 0.263. The van der Waals surface area contributed by atoms with Crippen LogP contribution in [-0.4, -0.2) is 55.0 Å². The number of ether oxygens (including phenoxy) is 1. The molecule has 0 spiro atoms. The van der Waals surface area contributed by atoms with Gasteiger partial charge in [0.2, 0.25) is 0 Å². The zero-order chi connectivity index (χ0) is 14.2. The molecule has 4 heteroatoms. The second kappa shape index (κ2) is 5.59. The maximum absolute atomic E-state index is 9.86. The van der Waals surface area contributed by atoms with Crippen LogP contribution >= 0.6 is 0 Å². The number of fused-ring (bicyclic) bond motifs is 3. The van der Waals surface area contributed by atoms with Crippen molar-refractivity contribution in [1.29, 1.82) is 0 Å². The summed E-state index contributed by atoms with van der Waals surface area (Å²) in [7, 11) is 0. The number of rotatable bonds is 3. The van der Waals surface area contributed by atoms with E-state index >= 15 is 0 Å². The molecular formula is C17H24N2O2. The quantitative estimate of drug-likeness (QED) is 0.888. The Morgan fingerprint density at radius 3 is 2.86 bits per heavy atom. The first kappa shape index (κ1) is 13.6. The Hall–Kier alpha value is -1.10. The lowest BCUT2D eigenvalue weighted by atomic mass is 9.72. The van der Waals surface area contributed by atoms with Gasteiger partial charge in [-0.25, -0.2) is 0 Å². The summed E-state index contributed by atoms with van der Waals surface area (Å²) >= 11 is 0. The molecule has 2 N–H and O–H groups in total. The molecular weight excluding hydrogens is 264 g/mol. The second-order valence-electron chi connectivity index (χ2n) is 6.56. The predicted octanol–water partition coefficient (Wildman–Crippen LogP) is 1.67. The summed E-state index contributed by atoms with van der Waals surface area (Å²) in [4.78, 5) is 2.53. The SMILES string of the molecule is OC[C@H]1[C@@H]2c3ccccc3NC[C@H]2N1CC1CCOCC1. The Morgan fingerprint density at radius 1 is 1.24 bits per heavy atom. The van der Waals surface area contributed by atoms with Crippen molar-refractivity contribution in [2.24, 2.45) is 5.92 Å². The Bertz CT molecular complexity index is 501. The highest BCUT2D eigenvalue weighted by atomic mass is 16.5. The number of hydrogen-bond donors (Lipinski definition) is 2. The van der Waals surface area contributed by atoms with E-state index in [2.05, 4.69) is 34.5 Å². The van der Waals surface area contributed by atoms with Crippen LogP contribution in [0, 0.1) is 5.92 Å². The van der Waals surface area contributed by atoms with Crippen molar-refractivity contribution in [3.8, 4) is 0 Å². The number of aliphatic hydroxyl groups excluding tert-OH is 1. The van der Waals surface area contributed by atoms with Gasteiger partial charge in [-0.1, -0.05) is 18.2 Å². The summed E-state index contributed by atoms with van der Waals surface area (Å²) in [5.41, 5.74) is 2.64. The number of aliphatic hydroxyl groups is 1. The highest BCUT2D eigenvalue weighted by molar-refractivity contribution is 5.57. The maximum Gasteiger partial charge on any atom is 0.0593 e. The van der Waals surface area contributed by atoms with E-state index in [1.54, 1.807) is 0 Å². The Labute approximate surface area is 126 Å². The molecule has 0 radical (unpaired) electrons. The van der Waals surface area contributed by atoms with Gasteiger partial charge >= 0.3 is 0 Å². The summed E-state index contributed by atoms with van der Waals surface area (Å²) < 4.78 is 5.46. The van der Waals surface area contributed by atoms with Gasteiger partial charge < -0.3 is 15.2 Å². The lowest BCUT2D eigenvalue weighted by Crippen LogP contribution is -2.68. The van der Waals surface area contributed by atoms with Crippen LogP contribution in [0.4, 0.5) is 5.69 Å². The summed E-state index contributed by atoms with van der Waals surface area (Å²) in [5.74, 6) is 1.22. The van der Waals surface area contributed by atoms with Crippen molar-refractivity contribution < 1.29 is 9.84 Å². The normalized spacial score (nSPS) is 32.7. The largest absolute Gasteiger partial charge is 0.395 e. The van der Waals surface area contributed by atoms with Crippen LogP contribution in [-0.2, 0) is 4.74 Å². The Balaban J connectivity index is 1.51. The van der Waals surface area contributed by atoms with Gasteiger partial charge in [-0.3, -0.25) is 4.90 Å². The van der Waals surface area contributed by atoms with E-state index in [0.29, 0.717) is 18.0 Å². The molecule has 2 saturated heterocycles. The molecule has 114 valence electrons. The summed E-state index contributed by atoms with van der Waals surface area (Å²) in [6.07, 6.45) is 2.33. The number of hydrogen-bond acceptors (Lipinski definition) is 4. The number of benzene rings is 1. The van der Waals surface area contributed by atoms with Crippen molar-refractivity contribution in [2.45, 2.75) is 30.8 Å². The average Bonchev–Trinajstić information content (AvgIpc) is 2.54. The lowest BCUT2D eigenvalue weighted by molar-refractivity contribution is -0.0602. The summed E-state index contributed by atoms with van der Waals surface area (Å²) in [6, 6.07) is 9.40. The molecule has 3 aliphatic heterocycles. The zero-order valence-corrected chi connectivity index (χ0v) is 12.4. The van der Waals surface area contributed by atoms with Crippen LogP contribution in [0.1, 0.15) is 24.3 Å². The standard InChI is InChI=1S/C17H24N2O2/c20-11-16-17-13-3-1-2-4-14(13)18-9-15(17)19(16)10-12-5-7-21-8-6-12/h1-4,12,15-18,20H,5-11H2/t15-,16+,17-/m1/s1. The number of para-hydroxylation sites is 1. The van der Waals surface area contributed by atoms with Crippen LogP contribution in [0.15, 0.2) is 24.3 Å². The molecule has 0 saturated carbocycles. The van der Waals surface area contributed by atoms with E-state index in [1.165, 1.54) is 11.3 Å². The first-order chi connectivity index (χ1) is 10.4. The van der Waals surface area contributed by atoms with E-state index in [-0.39, 0.29) is 6.61 Å². The van der Waals surface area contributed by atoms with Crippen LogP contribution in [0.3, 0.4) is 0 Å². The smallest absolute Gasteiger partial charge is 0.0593 e. The van der Waals surface area contributed by atoms with Gasteiger partial charge in [0.05, 0.1) is 6.61 Å². The van der Waals surface area contributed by atoms with E-state index in [4.69, 9.17) is 4.74 Å². The van der Waals surface area contributed by atoms with Gasteiger partial charge in [0.15, 0.2) is 0 Å². The molecule has 3 aliphatic rings. The molecule has 3 atom stereocenters. The highest BCUT2D eigenvalue weighted by Gasteiger charge is 2.51. The van der Waals surface area contributed by atoms with Crippen molar-refractivity contribution in [2.75, 3.05) is 38.2 Å². The third kappa shape index (κ3) is 2.26. The van der Waals surface area contributed by atoms with Gasteiger partial charge in [-0.05, 0) is 30.4 Å². The maximum atomic E-state index is 9.86. The van der Waals surface area contributed by atoms with Crippen molar-refractivity contribution in [3.05, 3.63) is 29.8 Å². The topological polar surface area (TPSA) is 44.7 Å². The minimum Gasteiger partial charge on any atom is -0.395 e. The molecule has 0 aliphatic carbocycles. The van der Waals surface area contributed by atoms with Gasteiger partial charge in [0, 0.05) is 50.0 Å². The lowest BCUT2D eigenvalue weighted by Gasteiger charge is -2.58. The Kier molecular flexibility index (Phi) is 3.61. The summed E-state index contributed by atoms with van der Waals surface area (Å²) in [5, 5.41) is 13.4. The highest BCUT2D eigenvalue weighted by Crippen LogP contribution is 2.46. The fourth-order valence-corrected chi connectivity index (χ4v) is 4.35. The third-order valence-corrected chi connectivity index (χ3v) is 5.50. The van der Waals surface area contributed by atoms with Gasteiger partial charge in [0.25, 0.3) is 0 Å². The third-order valence-electron chi connectivity index (χ3n) is 5.50. The monoisotopic (exact) mass is 288 g/mol. The molecule has 3 heterocycles. The van der Waals surface area contributed by atoms with Crippen LogP contribution < -0.4 is 5.32 Å². The molecule has 2 fully saturated rings. The van der Waals surface area contributed by atoms with Crippen LogP contribution in [0.5, 0.6) is 0 Å². The van der Waals surface area contributed by atoms with Crippen molar-refractivity contribution >= 4 is 5.69 Å². The summed E-state index contributed by atoms with van der Waals surface area (Å²) in [6.45, 7) is 4.18. The minimum atomic E-state index is 0.263. The number of likely N-dealkylation sites (tertiary alicyclic amines) is 1. The molecule has 4 rings (SSSR count).